The summed E-state index contributed by atoms with van der Waals surface area (Å²) in [6, 6.07) is 7.05. The van der Waals surface area contributed by atoms with Crippen LogP contribution in [0.25, 0.3) is 0 Å². The Morgan fingerprint density at radius 1 is 0.917 bits per heavy atom. The summed E-state index contributed by atoms with van der Waals surface area (Å²) < 4.78 is 1.14. The molecule has 0 saturated heterocycles. The van der Waals surface area contributed by atoms with E-state index in [9.17, 15) is 0 Å². The Morgan fingerprint density at radius 2 is 1.25 bits per heavy atom. The third-order valence-electron chi connectivity index (χ3n) is 0.827. The van der Waals surface area contributed by atoms with Gasteiger partial charge in [-0.05, 0) is 46.9 Å². The molecule has 0 aliphatic heterocycles. The number of phenols is 1. The minimum atomic E-state index is 0. The van der Waals surface area contributed by atoms with Gasteiger partial charge in [0.1, 0.15) is 5.75 Å². The fourth-order valence-electron chi connectivity index (χ4n) is 0.441. The van der Waals surface area contributed by atoms with Crippen LogP contribution in [0.3, 0.4) is 0 Å². The maximum absolute atomic E-state index is 8.75. The Hall–Kier alpha value is 1.33. The largest absolute Gasteiger partial charge is 0.508 e. The van der Waals surface area contributed by atoms with Crippen LogP contribution in [-0.4, -0.2) is 5.11 Å². The van der Waals surface area contributed by atoms with E-state index in [1.165, 1.54) is 0 Å². The van der Waals surface area contributed by atoms with Crippen molar-refractivity contribution in [3.05, 3.63) is 27.8 Å². The molecule has 0 aromatic heterocycles. The van der Waals surface area contributed by atoms with Crippen LogP contribution < -0.4 is 0 Å². The molecule has 0 aliphatic rings. The van der Waals surface area contributed by atoms with Gasteiger partial charge in [-0.1, -0.05) is 0 Å². The standard InChI is InChI=1S/C6H5IO.3ClH.Ti/c7-5-1-3-6(8)4-2-5;;;;/h1-4,8H;3*1H;. The molecule has 0 unspecified atom stereocenters. The zero-order valence-corrected chi connectivity index (χ0v) is 12.0. The van der Waals surface area contributed by atoms with E-state index in [0.29, 0.717) is 5.75 Å². The molecule has 0 fully saturated rings. The zero-order valence-electron chi connectivity index (χ0n) is 5.86. The number of phenolic OH excluding ortho intramolecular Hbond substituents is 1. The summed E-state index contributed by atoms with van der Waals surface area (Å²) in [5, 5.41) is 8.75. The Bertz CT molecular complexity index is 162. The molecular weight excluding hydrogens is 369 g/mol. The summed E-state index contributed by atoms with van der Waals surface area (Å²) >= 11 is 2.19. The van der Waals surface area contributed by atoms with Crippen LogP contribution in [0.15, 0.2) is 24.3 Å². The molecule has 6 heteroatoms. The van der Waals surface area contributed by atoms with Crippen molar-refractivity contribution in [3.63, 3.8) is 0 Å². The Morgan fingerprint density at radius 3 is 1.50 bits per heavy atom. The van der Waals surface area contributed by atoms with Crippen molar-refractivity contribution in [2.45, 2.75) is 0 Å². The Labute approximate surface area is 119 Å². The first-order valence-corrected chi connectivity index (χ1v) is 3.31. The molecule has 1 rings (SSSR count). The average molecular weight is 377 g/mol. The monoisotopic (exact) mass is 376 g/mol. The van der Waals surface area contributed by atoms with Crippen LogP contribution in [0.2, 0.25) is 0 Å². The van der Waals surface area contributed by atoms with Gasteiger partial charge in [0.2, 0.25) is 0 Å². The van der Waals surface area contributed by atoms with Crippen LogP contribution in [0.4, 0.5) is 0 Å². The van der Waals surface area contributed by atoms with E-state index in [1.807, 2.05) is 12.1 Å². The van der Waals surface area contributed by atoms with Gasteiger partial charge in [-0.3, -0.25) is 0 Å². The quantitative estimate of drug-likeness (QED) is 0.544. The Kier molecular flexibility index (Phi) is 23.9. The topological polar surface area (TPSA) is 20.2 Å². The van der Waals surface area contributed by atoms with Crippen LogP contribution in [0.5, 0.6) is 5.75 Å². The van der Waals surface area contributed by atoms with E-state index >= 15 is 0 Å². The van der Waals surface area contributed by atoms with Gasteiger partial charge in [-0.2, -0.15) is 0 Å². The van der Waals surface area contributed by atoms with E-state index in [0.717, 1.165) is 3.57 Å². The average Bonchev–Trinajstić information content (AvgIpc) is 1.77. The van der Waals surface area contributed by atoms with E-state index in [2.05, 4.69) is 22.6 Å². The van der Waals surface area contributed by atoms with Crippen LogP contribution in [0, 0.1) is 3.57 Å². The van der Waals surface area contributed by atoms with Crippen molar-refractivity contribution < 1.29 is 26.8 Å². The molecule has 12 heavy (non-hydrogen) atoms. The second-order valence-electron chi connectivity index (χ2n) is 1.48. The molecule has 0 spiro atoms. The van der Waals surface area contributed by atoms with E-state index in [4.69, 9.17) is 5.11 Å². The molecule has 0 saturated carbocycles. The molecule has 0 amide bonds. The number of halogens is 4. The predicted octanol–water partition coefficient (Wildman–Crippen LogP) is 3.26. The smallest absolute Gasteiger partial charge is 0.115 e. The summed E-state index contributed by atoms with van der Waals surface area (Å²) in [5.74, 6) is 0.324. The SMILES string of the molecule is Cl.Cl.Cl.Oc1ccc(I)cc1.[Ti]. The van der Waals surface area contributed by atoms with Gasteiger partial charge in [0.05, 0.1) is 0 Å². The van der Waals surface area contributed by atoms with Crippen molar-refractivity contribution in [1.82, 2.24) is 0 Å². The number of benzene rings is 1. The molecule has 0 bridgehead atoms. The number of hydrogen-bond acceptors (Lipinski definition) is 1. The minimum Gasteiger partial charge on any atom is -0.508 e. The van der Waals surface area contributed by atoms with Crippen LogP contribution in [-0.2, 0) is 21.7 Å². The second kappa shape index (κ2) is 12.3. The van der Waals surface area contributed by atoms with Crippen molar-refractivity contribution in [2.24, 2.45) is 0 Å². The molecule has 70 valence electrons. The summed E-state index contributed by atoms with van der Waals surface area (Å²) in [4.78, 5) is 0. The van der Waals surface area contributed by atoms with Crippen molar-refractivity contribution in [1.29, 1.82) is 0 Å². The third-order valence-corrected chi connectivity index (χ3v) is 1.55. The molecule has 1 aromatic carbocycles. The van der Waals surface area contributed by atoms with Gasteiger partial charge in [-0.15, -0.1) is 37.2 Å². The normalized spacial score (nSPS) is 6.08. The van der Waals surface area contributed by atoms with Gasteiger partial charge in [0.25, 0.3) is 0 Å². The maximum Gasteiger partial charge on any atom is 0.115 e. The first-order valence-electron chi connectivity index (χ1n) is 2.23. The van der Waals surface area contributed by atoms with Gasteiger partial charge < -0.3 is 5.11 Å². The van der Waals surface area contributed by atoms with Crippen molar-refractivity contribution in [2.75, 3.05) is 0 Å². The molecule has 1 N–H and O–H groups in total. The van der Waals surface area contributed by atoms with Gasteiger partial charge in [-0.25, -0.2) is 0 Å². The molecular formula is C6H8Cl3IOTi. The number of rotatable bonds is 0. The van der Waals surface area contributed by atoms with Gasteiger partial charge in [0.15, 0.2) is 0 Å². The predicted molar refractivity (Wildman–Crippen MR) is 62.6 cm³/mol. The molecule has 0 aliphatic carbocycles. The van der Waals surface area contributed by atoms with Gasteiger partial charge in [0, 0.05) is 25.3 Å². The maximum atomic E-state index is 8.75. The summed E-state index contributed by atoms with van der Waals surface area (Å²) in [5.41, 5.74) is 0. The summed E-state index contributed by atoms with van der Waals surface area (Å²) in [6.45, 7) is 0. The van der Waals surface area contributed by atoms with Crippen LogP contribution >= 0.6 is 59.8 Å². The molecule has 1 nitrogen and oxygen atoms in total. The summed E-state index contributed by atoms with van der Waals surface area (Å²) in [6.07, 6.45) is 0. The van der Waals surface area contributed by atoms with E-state index in [-0.39, 0.29) is 58.9 Å². The van der Waals surface area contributed by atoms with Crippen molar-refractivity contribution >= 4 is 59.8 Å². The molecule has 0 atom stereocenters. The van der Waals surface area contributed by atoms with E-state index < -0.39 is 0 Å². The van der Waals surface area contributed by atoms with Crippen molar-refractivity contribution in [3.8, 4) is 5.75 Å². The first-order chi connectivity index (χ1) is 3.79. The summed E-state index contributed by atoms with van der Waals surface area (Å²) in [7, 11) is 0. The van der Waals surface area contributed by atoms with E-state index in [1.54, 1.807) is 12.1 Å². The minimum absolute atomic E-state index is 0. The second-order valence-corrected chi connectivity index (χ2v) is 2.72. The molecule has 0 heterocycles. The fraction of sp³-hybridized carbons (Fsp3) is 0. The zero-order chi connectivity index (χ0) is 5.98. The Balaban J connectivity index is -0.0000000800. The van der Waals surface area contributed by atoms with Gasteiger partial charge >= 0.3 is 0 Å². The van der Waals surface area contributed by atoms with Crippen LogP contribution in [0.1, 0.15) is 0 Å². The third kappa shape index (κ3) is 9.42. The number of aromatic hydroxyl groups is 1. The number of hydrogen-bond donors (Lipinski definition) is 1. The molecule has 1 aromatic rings. The molecule has 0 radical (unpaired) electrons. The fourth-order valence-corrected chi connectivity index (χ4v) is 0.801. The first kappa shape index (κ1) is 23.3.